The van der Waals surface area contributed by atoms with E-state index >= 15 is 0 Å². The van der Waals surface area contributed by atoms with E-state index in [9.17, 15) is 8.60 Å². The van der Waals surface area contributed by atoms with Crippen LogP contribution in [-0.4, -0.2) is 43.6 Å². The summed E-state index contributed by atoms with van der Waals surface area (Å²) in [6.45, 7) is 1.82. The van der Waals surface area contributed by atoms with Crippen LogP contribution in [0.5, 0.6) is 11.6 Å². The number of ether oxygens (including phenoxy) is 2. The summed E-state index contributed by atoms with van der Waals surface area (Å²) < 4.78 is 44.1. The van der Waals surface area contributed by atoms with Gasteiger partial charge in [-0.2, -0.15) is 9.97 Å². The summed E-state index contributed by atoms with van der Waals surface area (Å²) in [5.41, 5.74) is 4.13. The van der Waals surface area contributed by atoms with Crippen LogP contribution in [0.15, 0.2) is 45.8 Å². The Kier molecular flexibility index (Phi) is 6.22. The Morgan fingerprint density at radius 1 is 1.16 bits per heavy atom. The number of nitrogens with zero attached hydrogens (tertiary/aromatic N) is 3. The molecule has 0 spiro atoms. The summed E-state index contributed by atoms with van der Waals surface area (Å²) in [6, 6.07) is 8.48. The number of methoxy groups -OCH3 is 1. The van der Waals surface area contributed by atoms with E-state index in [-0.39, 0.29) is 16.9 Å². The molecule has 3 heterocycles. The zero-order chi connectivity index (χ0) is 26.4. The van der Waals surface area contributed by atoms with Gasteiger partial charge in [-0.1, -0.05) is 6.07 Å². The molecule has 2 N–H and O–H groups in total. The number of fused-ring (bicyclic) bond motifs is 2. The number of nitrogens with one attached hydrogen (secondary N) is 2. The van der Waals surface area contributed by atoms with Gasteiger partial charge < -0.3 is 24.2 Å². The molecule has 1 aliphatic rings. The van der Waals surface area contributed by atoms with Crippen molar-refractivity contribution in [3.05, 3.63) is 48.2 Å². The predicted molar refractivity (Wildman–Crippen MR) is 143 cm³/mol. The van der Waals surface area contributed by atoms with Crippen LogP contribution in [0.1, 0.15) is 31.6 Å². The molecule has 6 rings (SSSR count). The van der Waals surface area contributed by atoms with E-state index in [1.807, 2.05) is 31.3 Å². The topological polar surface area (TPSA) is 115 Å². The maximum absolute atomic E-state index is 14.7. The van der Waals surface area contributed by atoms with E-state index in [1.54, 1.807) is 0 Å². The standard InChI is InChI=1S/C27H26FN5O4S/c1-14-30-19-9-8-15(10-22(19)36-14)17-13-29-25-24(17)26(37-16-6-4-5-7-16)33-27(32-25)31-20-11-18(28)23(38(3)34)12-21(20)35-2/h8-13,16H,4-7H2,1-3H3,(H2,29,31,32,33). The SMILES string of the molecule is COc1cc(S(C)=O)c(F)cc1Nc1nc(OC2CCCC2)c2c(-c3ccc4nc(C)oc4c3)c[nH]c2n1. The Morgan fingerprint density at radius 2 is 1.97 bits per heavy atom. The quantitative estimate of drug-likeness (QED) is 0.260. The molecule has 3 aromatic heterocycles. The summed E-state index contributed by atoms with van der Waals surface area (Å²) in [7, 11) is -0.0434. The fraction of sp³-hybridized carbons (Fsp3) is 0.296. The van der Waals surface area contributed by atoms with Crippen LogP contribution < -0.4 is 14.8 Å². The molecule has 0 amide bonds. The number of anilines is 2. The van der Waals surface area contributed by atoms with Crippen LogP contribution in [0, 0.1) is 12.7 Å². The number of H-pyrrole nitrogens is 1. The highest BCUT2D eigenvalue weighted by atomic mass is 32.2. The summed E-state index contributed by atoms with van der Waals surface area (Å²) in [6.07, 6.45) is 7.44. The van der Waals surface area contributed by atoms with E-state index in [0.29, 0.717) is 34.4 Å². The van der Waals surface area contributed by atoms with Gasteiger partial charge in [0.05, 0.1) is 33.9 Å². The molecule has 0 radical (unpaired) electrons. The van der Waals surface area contributed by atoms with Crippen LogP contribution in [0.25, 0.3) is 33.3 Å². The smallest absolute Gasteiger partial charge is 0.232 e. The Hall–Kier alpha value is -3.99. The number of hydrogen-bond donors (Lipinski definition) is 2. The van der Waals surface area contributed by atoms with Gasteiger partial charge in [-0.05, 0) is 43.4 Å². The van der Waals surface area contributed by atoms with Crippen molar-refractivity contribution in [2.45, 2.75) is 43.6 Å². The molecule has 9 nitrogen and oxygen atoms in total. The monoisotopic (exact) mass is 535 g/mol. The summed E-state index contributed by atoms with van der Waals surface area (Å²) in [5.74, 6) is 0.952. The zero-order valence-corrected chi connectivity index (χ0v) is 21.9. The lowest BCUT2D eigenvalue weighted by atomic mass is 10.1. The first-order chi connectivity index (χ1) is 18.4. The van der Waals surface area contributed by atoms with Gasteiger partial charge >= 0.3 is 0 Å². The van der Waals surface area contributed by atoms with Crippen molar-refractivity contribution in [3.63, 3.8) is 0 Å². The number of aryl methyl sites for hydroxylation is 1. The molecule has 1 aliphatic carbocycles. The van der Waals surface area contributed by atoms with Crippen LogP contribution in [-0.2, 0) is 10.8 Å². The molecule has 196 valence electrons. The van der Waals surface area contributed by atoms with Gasteiger partial charge in [0.25, 0.3) is 0 Å². The van der Waals surface area contributed by atoms with Crippen molar-refractivity contribution in [2.24, 2.45) is 0 Å². The fourth-order valence-electron chi connectivity index (χ4n) is 4.88. The van der Waals surface area contributed by atoms with Crippen molar-refractivity contribution in [1.29, 1.82) is 0 Å². The van der Waals surface area contributed by atoms with Gasteiger partial charge in [-0.15, -0.1) is 0 Å². The van der Waals surface area contributed by atoms with Gasteiger partial charge in [0.2, 0.25) is 11.8 Å². The van der Waals surface area contributed by atoms with E-state index in [2.05, 4.69) is 20.3 Å². The van der Waals surface area contributed by atoms with E-state index in [0.717, 1.165) is 47.7 Å². The summed E-state index contributed by atoms with van der Waals surface area (Å²) in [4.78, 5) is 17.0. The highest BCUT2D eigenvalue weighted by Gasteiger charge is 2.23. The van der Waals surface area contributed by atoms with Crippen LogP contribution in [0.3, 0.4) is 0 Å². The first-order valence-electron chi connectivity index (χ1n) is 12.3. The number of aromatic nitrogens is 4. The molecule has 0 bridgehead atoms. The second-order valence-electron chi connectivity index (χ2n) is 9.28. The highest BCUT2D eigenvalue weighted by Crippen LogP contribution is 2.38. The van der Waals surface area contributed by atoms with Crippen molar-refractivity contribution in [1.82, 2.24) is 19.9 Å². The number of rotatable bonds is 7. The van der Waals surface area contributed by atoms with E-state index in [4.69, 9.17) is 18.9 Å². The van der Waals surface area contributed by atoms with Crippen molar-refractivity contribution < 1.29 is 22.5 Å². The predicted octanol–water partition coefficient (Wildman–Crippen LogP) is 6.02. The van der Waals surface area contributed by atoms with Gasteiger partial charge in [0.1, 0.15) is 28.8 Å². The molecular weight excluding hydrogens is 509 g/mol. The maximum atomic E-state index is 14.7. The third kappa shape index (κ3) is 4.47. The van der Waals surface area contributed by atoms with Crippen LogP contribution >= 0.6 is 0 Å². The lowest BCUT2D eigenvalue weighted by molar-refractivity contribution is 0.204. The van der Waals surface area contributed by atoms with Gasteiger partial charge in [-0.3, -0.25) is 4.21 Å². The van der Waals surface area contributed by atoms with Crippen molar-refractivity contribution in [3.8, 4) is 22.8 Å². The average molecular weight is 536 g/mol. The van der Waals surface area contributed by atoms with Gasteiger partial charge in [0, 0.05) is 37.1 Å². The fourth-order valence-corrected chi connectivity index (χ4v) is 5.49. The third-order valence-corrected chi connectivity index (χ3v) is 7.63. The number of aromatic amines is 1. The third-order valence-electron chi connectivity index (χ3n) is 6.70. The largest absolute Gasteiger partial charge is 0.495 e. The second-order valence-corrected chi connectivity index (χ2v) is 10.6. The van der Waals surface area contributed by atoms with Crippen LogP contribution in [0.4, 0.5) is 16.0 Å². The first-order valence-corrected chi connectivity index (χ1v) is 13.9. The van der Waals surface area contributed by atoms with Crippen molar-refractivity contribution in [2.75, 3.05) is 18.7 Å². The maximum Gasteiger partial charge on any atom is 0.232 e. The molecule has 0 saturated heterocycles. The molecule has 38 heavy (non-hydrogen) atoms. The summed E-state index contributed by atoms with van der Waals surface area (Å²) in [5, 5.41) is 3.80. The Balaban J connectivity index is 1.45. The average Bonchev–Trinajstić information content (AvgIpc) is 3.63. The highest BCUT2D eigenvalue weighted by molar-refractivity contribution is 7.84. The molecule has 11 heteroatoms. The number of hydrogen-bond acceptors (Lipinski definition) is 8. The molecule has 1 fully saturated rings. The lowest BCUT2D eigenvalue weighted by Crippen LogP contribution is -2.13. The Bertz CT molecular complexity index is 1690. The van der Waals surface area contributed by atoms with E-state index < -0.39 is 16.6 Å². The molecule has 1 saturated carbocycles. The van der Waals surface area contributed by atoms with Crippen LogP contribution in [0.2, 0.25) is 0 Å². The minimum Gasteiger partial charge on any atom is -0.495 e. The van der Waals surface area contributed by atoms with Crippen molar-refractivity contribution >= 4 is 44.6 Å². The molecular formula is C27H26FN5O4S. The molecule has 0 aliphatic heterocycles. The molecule has 5 aromatic rings. The van der Waals surface area contributed by atoms with Gasteiger partial charge in [0.15, 0.2) is 11.5 Å². The Morgan fingerprint density at radius 3 is 2.74 bits per heavy atom. The molecule has 1 atom stereocenters. The minimum atomic E-state index is -1.51. The number of halogens is 1. The normalized spacial score (nSPS) is 14.8. The first kappa shape index (κ1) is 24.4. The minimum absolute atomic E-state index is 0.0499. The Labute approximate surface area is 220 Å². The number of oxazole rings is 1. The molecule has 2 aromatic carbocycles. The second kappa shape index (κ2) is 9.71. The lowest BCUT2D eigenvalue weighted by Gasteiger charge is -2.16. The van der Waals surface area contributed by atoms with E-state index in [1.165, 1.54) is 25.5 Å². The zero-order valence-electron chi connectivity index (χ0n) is 21.1. The summed E-state index contributed by atoms with van der Waals surface area (Å²) >= 11 is 0. The molecule has 1 unspecified atom stereocenters. The van der Waals surface area contributed by atoms with Gasteiger partial charge in [-0.25, -0.2) is 9.37 Å². The number of benzene rings is 2.